The molecule has 0 aromatic rings. The number of aliphatic hydroxyl groups excluding tert-OH is 4. The molecule has 0 unspecified atom stereocenters. The summed E-state index contributed by atoms with van der Waals surface area (Å²) >= 11 is 0. The van der Waals surface area contributed by atoms with Crippen molar-refractivity contribution >= 4 is 17.5 Å². The highest BCUT2D eigenvalue weighted by atomic mass is 16.7. The second-order valence-electron chi connectivity index (χ2n) is 17.7. The molecule has 3 rings (SSSR count). The third-order valence-electron chi connectivity index (χ3n) is 13.4. The van der Waals surface area contributed by atoms with E-state index in [1.165, 1.54) is 6.08 Å². The summed E-state index contributed by atoms with van der Waals surface area (Å²) in [5.41, 5.74) is 0. The van der Waals surface area contributed by atoms with Crippen LogP contribution in [-0.2, 0) is 28.6 Å². The molecule has 0 saturated carbocycles. The Bertz CT molecular complexity index is 1340. The summed E-state index contributed by atoms with van der Waals surface area (Å²) in [5.74, 6) is -6.53. The number of carbonyl (C=O) groups excluding carboxylic acids is 3. The van der Waals surface area contributed by atoms with Crippen molar-refractivity contribution in [3.8, 4) is 0 Å². The summed E-state index contributed by atoms with van der Waals surface area (Å²) in [6, 6.07) is 0. The van der Waals surface area contributed by atoms with E-state index in [1.807, 2.05) is 32.1 Å². The van der Waals surface area contributed by atoms with Gasteiger partial charge in [-0.15, -0.1) is 0 Å². The van der Waals surface area contributed by atoms with E-state index in [-0.39, 0.29) is 47.6 Å². The number of ketones is 2. The van der Waals surface area contributed by atoms with Crippen LogP contribution in [0.3, 0.4) is 0 Å². The van der Waals surface area contributed by atoms with E-state index in [2.05, 4.69) is 26.8 Å². The molecule has 3 aliphatic heterocycles. The molecule has 3 aliphatic rings. The zero-order chi connectivity index (χ0) is 41.4. The quantitative estimate of drug-likeness (QED) is 0.226. The first-order valence-corrected chi connectivity index (χ1v) is 21.1. The van der Waals surface area contributed by atoms with Gasteiger partial charge < -0.3 is 34.6 Å². The van der Waals surface area contributed by atoms with Gasteiger partial charge in [-0.2, -0.15) is 0 Å². The molecule has 1 spiro atoms. The molecule has 3 heterocycles. The molecule has 2 fully saturated rings. The van der Waals surface area contributed by atoms with Gasteiger partial charge in [0, 0.05) is 53.9 Å². The Balaban J connectivity index is 1.97. The molecule has 10 nitrogen and oxygen atoms in total. The first-order chi connectivity index (χ1) is 25.8. The van der Waals surface area contributed by atoms with Crippen molar-refractivity contribution in [2.45, 2.75) is 170 Å². The zero-order valence-electron chi connectivity index (χ0n) is 35.5. The average molecular weight is 775 g/mol. The normalized spacial score (nSPS) is 46.1. The Morgan fingerprint density at radius 2 is 1.36 bits per heavy atom. The number of esters is 1. The monoisotopic (exact) mass is 775 g/mol. The van der Waals surface area contributed by atoms with Crippen LogP contribution in [0.5, 0.6) is 0 Å². The van der Waals surface area contributed by atoms with Crippen LogP contribution in [-0.4, -0.2) is 86.5 Å². The number of rotatable bonds is 3. The minimum absolute atomic E-state index is 0.144. The van der Waals surface area contributed by atoms with Gasteiger partial charge in [0.15, 0.2) is 5.79 Å². The summed E-state index contributed by atoms with van der Waals surface area (Å²) in [5, 5.41) is 43.8. The van der Waals surface area contributed by atoms with Crippen LogP contribution in [0.1, 0.15) is 121 Å². The maximum Gasteiger partial charge on any atom is 0.330 e. The summed E-state index contributed by atoms with van der Waals surface area (Å²) in [6.07, 6.45) is 11.1. The van der Waals surface area contributed by atoms with Crippen molar-refractivity contribution in [3.63, 3.8) is 0 Å². The summed E-state index contributed by atoms with van der Waals surface area (Å²) < 4.78 is 20.0. The SMILES string of the molecule is CC[C@H]1/C=C/C=C/C[C@@H](C)[C@H](O)[C@H](C)C(=O)[C@@H](C)[C@H](O)[C@@H](C)C(=O)[C@@H](C)[C@H](O)[C@@H](C)/C=C/C(=O)O[C@@H]2[C@H](C)[C@H](CC1)O[C@]1(CC[C@H](C)[C@H](C[C@@H](C)O)O1)[C@H]2C. The molecule has 0 amide bonds. The lowest BCUT2D eigenvalue weighted by Crippen LogP contribution is -2.62. The highest BCUT2D eigenvalue weighted by Crippen LogP contribution is 2.49. The molecule has 0 aromatic carbocycles. The number of allylic oxidation sites excluding steroid dienone is 4. The number of fused-ring (bicyclic) bond motifs is 2. The topological polar surface area (TPSA) is 160 Å². The first kappa shape index (κ1) is 47.2. The molecular formula is C45H74O10. The van der Waals surface area contributed by atoms with Crippen LogP contribution >= 0.6 is 0 Å². The summed E-state index contributed by atoms with van der Waals surface area (Å²) in [7, 11) is 0. The molecule has 4 N–H and O–H groups in total. The molecule has 0 radical (unpaired) electrons. The minimum Gasteiger partial charge on any atom is -0.458 e. The van der Waals surface area contributed by atoms with Crippen molar-refractivity contribution in [3.05, 3.63) is 36.5 Å². The van der Waals surface area contributed by atoms with E-state index in [9.17, 15) is 34.8 Å². The summed E-state index contributed by atoms with van der Waals surface area (Å²) in [6.45, 7) is 20.1. The molecule has 2 saturated heterocycles. The Kier molecular flexibility index (Phi) is 18.0. The van der Waals surface area contributed by atoms with Gasteiger partial charge in [-0.05, 0) is 63.2 Å². The fraction of sp³-hybridized carbons (Fsp3) is 0.800. The fourth-order valence-corrected chi connectivity index (χ4v) is 8.95. The predicted molar refractivity (Wildman–Crippen MR) is 213 cm³/mol. The van der Waals surface area contributed by atoms with E-state index in [1.54, 1.807) is 47.6 Å². The number of Topliss-reactive ketones (excluding diaryl/α,β-unsaturated/α-hetero) is 2. The molecule has 314 valence electrons. The van der Waals surface area contributed by atoms with Crippen molar-refractivity contribution in [2.75, 3.05) is 0 Å². The van der Waals surface area contributed by atoms with Crippen LogP contribution in [0, 0.1) is 59.2 Å². The van der Waals surface area contributed by atoms with Crippen molar-refractivity contribution in [1.29, 1.82) is 0 Å². The first-order valence-electron chi connectivity index (χ1n) is 21.1. The van der Waals surface area contributed by atoms with E-state index in [0.717, 1.165) is 25.7 Å². The smallest absolute Gasteiger partial charge is 0.330 e. The van der Waals surface area contributed by atoms with Gasteiger partial charge in [0.05, 0.1) is 36.6 Å². The molecule has 0 aliphatic carbocycles. The largest absolute Gasteiger partial charge is 0.458 e. The fourth-order valence-electron chi connectivity index (χ4n) is 8.95. The average Bonchev–Trinajstić information content (AvgIpc) is 3.16. The molecule has 10 heteroatoms. The zero-order valence-corrected chi connectivity index (χ0v) is 35.5. The second-order valence-corrected chi connectivity index (χ2v) is 17.7. The van der Waals surface area contributed by atoms with Gasteiger partial charge >= 0.3 is 5.97 Å². The van der Waals surface area contributed by atoms with E-state index in [4.69, 9.17) is 14.2 Å². The standard InChI is InChI=1S/C45H74O10/c1-12-35-17-15-13-14-16-26(3)39(48)30(7)41(50)32(9)43(52)33(10)42(51)31(8)40(49)27(4)18-21-38(47)53-44-29(6)36(20-19-35)54-45(34(44)11)23-22-25(2)37(55-45)24-28(5)46/h13-15,17-18,21,25-37,39-40,43-44,46,48-49,52H,12,16,19-20,22-24H2,1-11H3/b14-13+,17-15+,21-18+/t25-,26+,27-,28+,29+,30-,31-,32+,33-,34-,35-,36-,37-,39-,40+,43-,44+,45-/m0/s1. The van der Waals surface area contributed by atoms with E-state index < -0.39 is 77.6 Å². The number of aliphatic hydroxyl groups is 4. The Labute approximate surface area is 331 Å². The number of hydrogen-bond donors (Lipinski definition) is 4. The minimum atomic E-state index is -1.30. The lowest BCUT2D eigenvalue weighted by molar-refractivity contribution is -0.371. The van der Waals surface area contributed by atoms with Crippen molar-refractivity contribution in [1.82, 2.24) is 0 Å². The lowest BCUT2D eigenvalue weighted by Gasteiger charge is -2.55. The van der Waals surface area contributed by atoms with Crippen molar-refractivity contribution < 1.29 is 49.0 Å². The van der Waals surface area contributed by atoms with Crippen LogP contribution < -0.4 is 0 Å². The van der Waals surface area contributed by atoms with Crippen LogP contribution in [0.4, 0.5) is 0 Å². The number of carbonyl (C=O) groups is 3. The molecular weight excluding hydrogens is 700 g/mol. The third kappa shape index (κ3) is 11.9. The molecule has 18 atom stereocenters. The summed E-state index contributed by atoms with van der Waals surface area (Å²) in [4.78, 5) is 40.4. The third-order valence-corrected chi connectivity index (χ3v) is 13.4. The van der Waals surface area contributed by atoms with Gasteiger partial charge in [-0.1, -0.05) is 99.6 Å². The van der Waals surface area contributed by atoms with Crippen molar-refractivity contribution in [2.24, 2.45) is 59.2 Å². The molecule has 2 bridgehead atoms. The van der Waals surface area contributed by atoms with Crippen LogP contribution in [0.2, 0.25) is 0 Å². The van der Waals surface area contributed by atoms with Gasteiger partial charge in [-0.25, -0.2) is 4.79 Å². The Morgan fingerprint density at radius 1 is 0.764 bits per heavy atom. The maximum atomic E-state index is 13.5. The van der Waals surface area contributed by atoms with Gasteiger partial charge in [-0.3, -0.25) is 9.59 Å². The number of hydrogen-bond acceptors (Lipinski definition) is 10. The maximum absolute atomic E-state index is 13.5. The molecule has 55 heavy (non-hydrogen) atoms. The van der Waals surface area contributed by atoms with E-state index in [0.29, 0.717) is 19.3 Å². The van der Waals surface area contributed by atoms with Crippen LogP contribution in [0.25, 0.3) is 0 Å². The molecule has 0 aromatic heterocycles. The Hall–Kier alpha value is -2.21. The lowest BCUT2D eigenvalue weighted by atomic mass is 9.74. The Morgan fingerprint density at radius 3 is 1.96 bits per heavy atom. The van der Waals surface area contributed by atoms with E-state index >= 15 is 0 Å². The van der Waals surface area contributed by atoms with Gasteiger partial charge in [0.25, 0.3) is 0 Å². The predicted octanol–water partition coefficient (Wildman–Crippen LogP) is 6.77. The van der Waals surface area contributed by atoms with Gasteiger partial charge in [0.1, 0.15) is 17.7 Å². The highest BCUT2D eigenvalue weighted by molar-refractivity contribution is 5.87. The highest BCUT2D eigenvalue weighted by Gasteiger charge is 2.56. The number of ether oxygens (including phenoxy) is 3. The van der Waals surface area contributed by atoms with Crippen LogP contribution in [0.15, 0.2) is 36.5 Å². The second kappa shape index (κ2) is 21.0. The van der Waals surface area contributed by atoms with Gasteiger partial charge in [0.2, 0.25) is 0 Å².